The number of nitrogens with one attached hydrogen (secondary N) is 1. The Labute approximate surface area is 150 Å². The number of aliphatic hydroxyl groups is 2. The first kappa shape index (κ1) is 16.9. The van der Waals surface area contributed by atoms with Crippen LogP contribution in [0.3, 0.4) is 0 Å². The van der Waals surface area contributed by atoms with Gasteiger partial charge in [0.05, 0.1) is 12.2 Å². The summed E-state index contributed by atoms with van der Waals surface area (Å²) in [4.78, 5) is 8.80. The highest BCUT2D eigenvalue weighted by atomic mass is 19.1. The third-order valence-corrected chi connectivity index (χ3v) is 5.01. The number of halogens is 1. The van der Waals surface area contributed by atoms with Crippen LogP contribution >= 0.6 is 0 Å². The summed E-state index contributed by atoms with van der Waals surface area (Å²) >= 11 is 0. The van der Waals surface area contributed by atoms with Gasteiger partial charge >= 0.3 is 0 Å². The van der Waals surface area contributed by atoms with Gasteiger partial charge in [0.15, 0.2) is 11.5 Å². The molecule has 0 bridgehead atoms. The lowest BCUT2D eigenvalue weighted by atomic mass is 10.0. The van der Waals surface area contributed by atoms with Crippen LogP contribution in [-0.4, -0.2) is 43.3 Å². The van der Waals surface area contributed by atoms with Crippen molar-refractivity contribution in [2.24, 2.45) is 0 Å². The second kappa shape index (κ2) is 7.01. The zero-order valence-electron chi connectivity index (χ0n) is 14.2. The molecule has 0 unspecified atom stereocenters. The number of hydrogen-bond donors (Lipinski definition) is 3. The molecule has 7 heteroatoms. The third-order valence-electron chi connectivity index (χ3n) is 5.01. The highest BCUT2D eigenvalue weighted by Gasteiger charge is 2.36. The number of benzene rings is 1. The Balaban J connectivity index is 1.52. The smallest absolute Gasteiger partial charge is 0.180 e. The van der Waals surface area contributed by atoms with Gasteiger partial charge in [-0.1, -0.05) is 12.1 Å². The second-order valence-electron chi connectivity index (χ2n) is 6.70. The van der Waals surface area contributed by atoms with Gasteiger partial charge in [-0.3, -0.25) is 4.40 Å². The molecule has 1 aromatic carbocycles. The van der Waals surface area contributed by atoms with Crippen LogP contribution in [0.15, 0.2) is 42.9 Å². The molecule has 4 rings (SSSR count). The minimum atomic E-state index is -0.771. The zero-order chi connectivity index (χ0) is 18.1. The van der Waals surface area contributed by atoms with Crippen molar-refractivity contribution in [1.29, 1.82) is 0 Å². The van der Waals surface area contributed by atoms with Crippen LogP contribution in [0.2, 0.25) is 0 Å². The average molecular weight is 356 g/mol. The van der Waals surface area contributed by atoms with E-state index in [2.05, 4.69) is 15.3 Å². The minimum Gasteiger partial charge on any atom is -0.390 e. The molecule has 3 aromatic rings. The lowest BCUT2D eigenvalue weighted by molar-refractivity contribution is 0.0345. The summed E-state index contributed by atoms with van der Waals surface area (Å²) < 4.78 is 15.2. The van der Waals surface area contributed by atoms with Crippen LogP contribution in [0, 0.1) is 5.82 Å². The molecule has 1 fully saturated rings. The van der Waals surface area contributed by atoms with E-state index in [1.165, 1.54) is 12.1 Å². The van der Waals surface area contributed by atoms with Gasteiger partial charge in [0.2, 0.25) is 0 Å². The monoisotopic (exact) mass is 356 g/mol. The maximum atomic E-state index is 13.3. The first-order chi connectivity index (χ1) is 12.6. The fourth-order valence-corrected chi connectivity index (χ4v) is 3.64. The van der Waals surface area contributed by atoms with Gasteiger partial charge in [0, 0.05) is 36.7 Å². The number of imidazole rings is 1. The number of hydrogen-bond acceptors (Lipinski definition) is 5. The van der Waals surface area contributed by atoms with E-state index in [-0.39, 0.29) is 11.7 Å². The molecule has 26 heavy (non-hydrogen) atoms. The fraction of sp³-hybridized carbons (Fsp3) is 0.368. The van der Waals surface area contributed by atoms with Crippen molar-refractivity contribution in [3.63, 3.8) is 0 Å². The van der Waals surface area contributed by atoms with Crippen molar-refractivity contribution in [1.82, 2.24) is 14.4 Å². The van der Waals surface area contributed by atoms with Crippen molar-refractivity contribution in [2.75, 3.05) is 11.9 Å². The van der Waals surface area contributed by atoms with Gasteiger partial charge in [-0.25, -0.2) is 14.4 Å². The topological polar surface area (TPSA) is 82.7 Å². The summed E-state index contributed by atoms with van der Waals surface area (Å²) in [7, 11) is 0. The van der Waals surface area contributed by atoms with Crippen LogP contribution in [0.1, 0.15) is 30.0 Å². The average Bonchev–Trinajstić information content (AvgIpc) is 3.20. The molecule has 136 valence electrons. The van der Waals surface area contributed by atoms with Crippen LogP contribution in [-0.2, 0) is 6.42 Å². The molecule has 6 nitrogen and oxygen atoms in total. The molecule has 0 spiro atoms. The molecule has 2 heterocycles. The van der Waals surface area contributed by atoms with Gasteiger partial charge in [-0.2, -0.15) is 0 Å². The predicted molar refractivity (Wildman–Crippen MR) is 95.6 cm³/mol. The van der Waals surface area contributed by atoms with Gasteiger partial charge in [0.25, 0.3) is 0 Å². The maximum Gasteiger partial charge on any atom is 0.180 e. The molecule has 0 radical (unpaired) electrons. The normalized spacial score (nSPS) is 22.8. The summed E-state index contributed by atoms with van der Waals surface area (Å²) in [5, 5.41) is 23.3. The van der Waals surface area contributed by atoms with E-state index < -0.39 is 12.2 Å². The third kappa shape index (κ3) is 3.15. The highest BCUT2D eigenvalue weighted by molar-refractivity contribution is 5.63. The first-order valence-corrected chi connectivity index (χ1v) is 8.80. The van der Waals surface area contributed by atoms with E-state index in [1.54, 1.807) is 18.5 Å². The molecule has 1 aliphatic rings. The fourth-order valence-electron chi connectivity index (χ4n) is 3.64. The molecular formula is C19H21FN4O2. The first-order valence-electron chi connectivity index (χ1n) is 8.80. The molecule has 2 aromatic heterocycles. The van der Waals surface area contributed by atoms with E-state index in [9.17, 15) is 14.6 Å². The molecule has 1 saturated carbocycles. The number of aromatic nitrogens is 3. The molecule has 3 N–H and O–H groups in total. The lowest BCUT2D eigenvalue weighted by Crippen LogP contribution is -2.24. The summed E-state index contributed by atoms with van der Waals surface area (Å²) in [6, 6.07) is 6.54. The van der Waals surface area contributed by atoms with Crippen molar-refractivity contribution in [3.8, 4) is 0 Å². The van der Waals surface area contributed by atoms with E-state index in [0.29, 0.717) is 30.9 Å². The number of rotatable bonds is 5. The number of nitrogens with zero attached hydrogens (tertiary/aromatic N) is 3. The molecule has 1 aliphatic carbocycles. The second-order valence-corrected chi connectivity index (χ2v) is 6.70. The van der Waals surface area contributed by atoms with Crippen molar-refractivity contribution < 1.29 is 14.6 Å². The summed E-state index contributed by atoms with van der Waals surface area (Å²) in [5.41, 5.74) is 2.46. The van der Waals surface area contributed by atoms with Crippen LogP contribution in [0.25, 0.3) is 5.65 Å². The highest BCUT2D eigenvalue weighted by Crippen LogP contribution is 2.35. The largest absolute Gasteiger partial charge is 0.390 e. The predicted octanol–water partition coefficient (Wildman–Crippen LogP) is 2.12. The zero-order valence-corrected chi connectivity index (χ0v) is 14.2. The maximum absolute atomic E-state index is 13.3. The van der Waals surface area contributed by atoms with Crippen LogP contribution < -0.4 is 5.32 Å². The van der Waals surface area contributed by atoms with Crippen molar-refractivity contribution in [2.45, 2.75) is 37.4 Å². The van der Waals surface area contributed by atoms with Gasteiger partial charge in [-0.15, -0.1) is 0 Å². The summed E-state index contributed by atoms with van der Waals surface area (Å²) in [6.45, 7) is 0.600. The Morgan fingerprint density at radius 1 is 1.23 bits per heavy atom. The number of aliphatic hydroxyl groups excluding tert-OH is 2. The minimum absolute atomic E-state index is 0.137. The Kier molecular flexibility index (Phi) is 4.57. The Hall–Kier alpha value is -2.51. The SMILES string of the molecule is O[C@@H]1[C@H](O)CC[C@H]1c1cnc2c(NCCc3cccc(F)c3)nccn12. The van der Waals surface area contributed by atoms with Crippen LogP contribution in [0.5, 0.6) is 0 Å². The van der Waals surface area contributed by atoms with Crippen molar-refractivity contribution >= 4 is 11.5 Å². The van der Waals surface area contributed by atoms with Gasteiger partial charge in [0.1, 0.15) is 5.82 Å². The van der Waals surface area contributed by atoms with E-state index in [0.717, 1.165) is 17.7 Å². The Bertz CT molecular complexity index is 913. The molecule has 0 saturated heterocycles. The number of fused-ring (bicyclic) bond motifs is 1. The Morgan fingerprint density at radius 2 is 2.12 bits per heavy atom. The lowest BCUT2D eigenvalue weighted by Gasteiger charge is -2.16. The van der Waals surface area contributed by atoms with Crippen LogP contribution in [0.4, 0.5) is 10.2 Å². The molecule has 0 amide bonds. The van der Waals surface area contributed by atoms with Gasteiger partial charge < -0.3 is 15.5 Å². The number of anilines is 1. The summed E-state index contributed by atoms with van der Waals surface area (Å²) in [6.07, 6.45) is 5.75. The van der Waals surface area contributed by atoms with E-state index in [1.807, 2.05) is 16.7 Å². The van der Waals surface area contributed by atoms with E-state index in [4.69, 9.17) is 0 Å². The van der Waals surface area contributed by atoms with Gasteiger partial charge in [-0.05, 0) is 37.0 Å². The molecule has 0 aliphatic heterocycles. The van der Waals surface area contributed by atoms with Crippen molar-refractivity contribution in [3.05, 3.63) is 59.9 Å². The summed E-state index contributed by atoms with van der Waals surface area (Å²) in [5.74, 6) is 0.267. The van der Waals surface area contributed by atoms with E-state index >= 15 is 0 Å². The standard InChI is InChI=1S/C19H21FN4O2/c20-13-3-1-2-12(10-13)6-7-21-18-19-23-11-15(24(19)9-8-22-18)14-4-5-16(25)17(14)26/h1-3,8-11,14,16-17,25-26H,4-7H2,(H,21,22)/t14-,16+,17-/m0/s1. The Morgan fingerprint density at radius 3 is 2.88 bits per heavy atom. The molecular weight excluding hydrogens is 335 g/mol. The molecule has 3 atom stereocenters. The quantitative estimate of drug-likeness (QED) is 0.652.